The summed E-state index contributed by atoms with van der Waals surface area (Å²) in [5, 5.41) is 2.75. The van der Waals surface area contributed by atoms with Gasteiger partial charge in [0.25, 0.3) is 5.91 Å². The third-order valence-corrected chi connectivity index (χ3v) is 5.18. The largest absolute Gasteiger partial charge is 0.497 e. The number of hydrogen-bond acceptors (Lipinski definition) is 7. The van der Waals surface area contributed by atoms with Crippen LogP contribution >= 0.6 is 0 Å². The minimum atomic E-state index is -0.979. The number of methoxy groups -OCH3 is 2. The number of esters is 1. The van der Waals surface area contributed by atoms with Crippen LogP contribution in [0.1, 0.15) is 23.7 Å². The molecule has 0 aliphatic heterocycles. The third kappa shape index (κ3) is 4.98. The highest BCUT2D eigenvalue weighted by Crippen LogP contribution is 2.26. The molecule has 1 unspecified atom stereocenters. The fourth-order valence-corrected chi connectivity index (χ4v) is 3.40. The minimum Gasteiger partial charge on any atom is -0.497 e. The van der Waals surface area contributed by atoms with Crippen molar-refractivity contribution in [3.8, 4) is 22.9 Å². The zero-order chi connectivity index (χ0) is 24.1. The van der Waals surface area contributed by atoms with Gasteiger partial charge in [0.2, 0.25) is 0 Å². The van der Waals surface area contributed by atoms with Crippen molar-refractivity contribution < 1.29 is 23.8 Å². The van der Waals surface area contributed by atoms with Crippen LogP contribution in [0.3, 0.4) is 0 Å². The summed E-state index contributed by atoms with van der Waals surface area (Å²) in [6, 6.07) is 13.7. The summed E-state index contributed by atoms with van der Waals surface area (Å²) in [6.07, 6.45) is 2.71. The van der Waals surface area contributed by atoms with Gasteiger partial charge < -0.3 is 24.5 Å². The Labute approximate surface area is 196 Å². The molecule has 0 aliphatic carbocycles. The van der Waals surface area contributed by atoms with Gasteiger partial charge in [-0.3, -0.25) is 9.78 Å². The molecule has 1 atom stereocenters. The number of aromatic nitrogens is 3. The number of nitrogens with one attached hydrogen (secondary N) is 2. The molecule has 2 N–H and O–H groups in total. The predicted octanol–water partition coefficient (Wildman–Crippen LogP) is 4.22. The van der Waals surface area contributed by atoms with E-state index in [1.165, 1.54) is 14.2 Å². The maximum atomic E-state index is 12.8. The number of pyridine rings is 1. The molecule has 34 heavy (non-hydrogen) atoms. The Bertz CT molecular complexity index is 1300. The van der Waals surface area contributed by atoms with Gasteiger partial charge in [-0.25, -0.2) is 9.78 Å². The van der Waals surface area contributed by atoms with E-state index in [9.17, 15) is 9.59 Å². The van der Waals surface area contributed by atoms with Gasteiger partial charge >= 0.3 is 5.97 Å². The second-order valence-corrected chi connectivity index (χ2v) is 7.45. The number of imidazole rings is 1. The molecule has 1 amide bonds. The van der Waals surface area contributed by atoms with Gasteiger partial charge in [-0.1, -0.05) is 6.92 Å². The Morgan fingerprint density at radius 2 is 1.82 bits per heavy atom. The number of rotatable bonds is 8. The first-order chi connectivity index (χ1) is 16.5. The number of ether oxygens (including phenoxy) is 3. The number of benzene rings is 2. The van der Waals surface area contributed by atoms with Crippen LogP contribution in [0.2, 0.25) is 0 Å². The van der Waals surface area contributed by atoms with Gasteiger partial charge in [0.05, 0.1) is 30.8 Å². The molecule has 9 heteroatoms. The van der Waals surface area contributed by atoms with Crippen LogP contribution in [0.25, 0.3) is 22.4 Å². The molecule has 0 radical (unpaired) electrons. The van der Waals surface area contributed by atoms with Crippen molar-refractivity contribution in [2.24, 2.45) is 0 Å². The quantitative estimate of drug-likeness (QED) is 0.378. The molecule has 0 saturated heterocycles. The standard InChI is InChI=1S/C25H24N4O5/c1-4-22(24(30)27-17-11-18(32-2)13-19(12-17)33-3)34-25(31)15-7-8-20-21(10-15)29-23(28-20)16-6-5-9-26-14-16/h5-14,22H,4H2,1-3H3,(H,27,30)(H,28,29). The first kappa shape index (κ1) is 22.8. The zero-order valence-corrected chi connectivity index (χ0v) is 19.0. The second kappa shape index (κ2) is 10.0. The summed E-state index contributed by atoms with van der Waals surface area (Å²) in [6.45, 7) is 1.77. The normalized spacial score (nSPS) is 11.6. The highest BCUT2D eigenvalue weighted by Gasteiger charge is 2.23. The molecular formula is C25H24N4O5. The summed E-state index contributed by atoms with van der Waals surface area (Å²) in [5.74, 6) is 0.641. The molecule has 174 valence electrons. The molecule has 0 fully saturated rings. The number of carbonyl (C=O) groups is 2. The summed E-state index contributed by atoms with van der Waals surface area (Å²) in [7, 11) is 3.04. The van der Waals surface area contributed by atoms with Gasteiger partial charge in [0, 0.05) is 41.8 Å². The molecule has 4 rings (SSSR count). The summed E-state index contributed by atoms with van der Waals surface area (Å²) < 4.78 is 16.0. The fraction of sp³-hybridized carbons (Fsp3) is 0.200. The van der Waals surface area contributed by atoms with Crippen molar-refractivity contribution in [3.63, 3.8) is 0 Å². The van der Waals surface area contributed by atoms with Crippen molar-refractivity contribution in [2.45, 2.75) is 19.4 Å². The fourth-order valence-electron chi connectivity index (χ4n) is 3.40. The SMILES string of the molecule is CCC(OC(=O)c1ccc2nc(-c3cccnc3)[nH]c2c1)C(=O)Nc1cc(OC)cc(OC)c1. The molecule has 4 aromatic rings. The van der Waals surface area contributed by atoms with Crippen LogP contribution in [-0.2, 0) is 9.53 Å². The topological polar surface area (TPSA) is 115 Å². The number of H-pyrrole nitrogens is 1. The maximum Gasteiger partial charge on any atom is 0.338 e. The molecule has 2 aromatic carbocycles. The van der Waals surface area contributed by atoms with Gasteiger partial charge in [0.15, 0.2) is 6.10 Å². The average molecular weight is 460 g/mol. The van der Waals surface area contributed by atoms with E-state index < -0.39 is 18.0 Å². The van der Waals surface area contributed by atoms with Crippen molar-refractivity contribution in [2.75, 3.05) is 19.5 Å². The smallest absolute Gasteiger partial charge is 0.338 e. The van der Waals surface area contributed by atoms with E-state index in [0.29, 0.717) is 46.0 Å². The maximum absolute atomic E-state index is 12.8. The van der Waals surface area contributed by atoms with E-state index in [4.69, 9.17) is 14.2 Å². The van der Waals surface area contributed by atoms with Crippen LogP contribution in [0.5, 0.6) is 11.5 Å². The number of fused-ring (bicyclic) bond motifs is 1. The first-order valence-electron chi connectivity index (χ1n) is 10.7. The zero-order valence-electron chi connectivity index (χ0n) is 19.0. The predicted molar refractivity (Wildman–Crippen MR) is 127 cm³/mol. The highest BCUT2D eigenvalue weighted by atomic mass is 16.5. The molecule has 0 spiro atoms. The lowest BCUT2D eigenvalue weighted by Crippen LogP contribution is -2.32. The van der Waals surface area contributed by atoms with Gasteiger partial charge in [-0.05, 0) is 36.8 Å². The first-order valence-corrected chi connectivity index (χ1v) is 10.7. The Morgan fingerprint density at radius 3 is 2.47 bits per heavy atom. The lowest BCUT2D eigenvalue weighted by molar-refractivity contribution is -0.124. The number of aromatic amines is 1. The Balaban J connectivity index is 1.48. The lowest BCUT2D eigenvalue weighted by Gasteiger charge is -2.17. The minimum absolute atomic E-state index is 0.302. The number of amides is 1. The molecule has 0 aliphatic rings. The monoisotopic (exact) mass is 460 g/mol. The molecular weight excluding hydrogens is 436 g/mol. The summed E-state index contributed by atoms with van der Waals surface area (Å²) in [4.78, 5) is 37.4. The van der Waals surface area contributed by atoms with E-state index in [-0.39, 0.29) is 0 Å². The van der Waals surface area contributed by atoms with Crippen LogP contribution < -0.4 is 14.8 Å². The lowest BCUT2D eigenvalue weighted by atomic mass is 10.2. The van der Waals surface area contributed by atoms with Crippen LogP contribution in [0.4, 0.5) is 5.69 Å². The van der Waals surface area contributed by atoms with E-state index in [2.05, 4.69) is 20.3 Å². The summed E-state index contributed by atoms with van der Waals surface area (Å²) >= 11 is 0. The highest BCUT2D eigenvalue weighted by molar-refractivity contribution is 5.99. The van der Waals surface area contributed by atoms with Gasteiger partial charge in [-0.15, -0.1) is 0 Å². The Hall–Kier alpha value is -4.40. The molecule has 2 heterocycles. The average Bonchev–Trinajstić information content (AvgIpc) is 3.30. The third-order valence-electron chi connectivity index (χ3n) is 5.18. The van der Waals surface area contributed by atoms with Gasteiger partial charge in [0.1, 0.15) is 17.3 Å². The van der Waals surface area contributed by atoms with Crippen molar-refractivity contribution in [3.05, 3.63) is 66.5 Å². The van der Waals surface area contributed by atoms with Crippen molar-refractivity contribution in [1.82, 2.24) is 15.0 Å². The van der Waals surface area contributed by atoms with E-state index in [1.54, 1.807) is 55.7 Å². The second-order valence-electron chi connectivity index (χ2n) is 7.45. The van der Waals surface area contributed by atoms with E-state index in [0.717, 1.165) is 5.56 Å². The number of anilines is 1. The molecule has 0 bridgehead atoms. The number of nitrogens with zero attached hydrogens (tertiary/aromatic N) is 2. The Morgan fingerprint density at radius 1 is 1.06 bits per heavy atom. The molecule has 2 aromatic heterocycles. The number of carbonyl (C=O) groups excluding carboxylic acids is 2. The van der Waals surface area contributed by atoms with Crippen LogP contribution in [-0.4, -0.2) is 47.2 Å². The van der Waals surface area contributed by atoms with Gasteiger partial charge in [-0.2, -0.15) is 0 Å². The number of hydrogen-bond donors (Lipinski definition) is 2. The van der Waals surface area contributed by atoms with Crippen LogP contribution in [0.15, 0.2) is 60.9 Å². The molecule has 0 saturated carbocycles. The molecule has 9 nitrogen and oxygen atoms in total. The van der Waals surface area contributed by atoms with Crippen molar-refractivity contribution in [1.29, 1.82) is 0 Å². The van der Waals surface area contributed by atoms with Crippen LogP contribution in [0, 0.1) is 0 Å². The Kier molecular flexibility index (Phi) is 6.72. The van der Waals surface area contributed by atoms with E-state index in [1.807, 2.05) is 12.1 Å². The summed E-state index contributed by atoms with van der Waals surface area (Å²) in [5.41, 5.74) is 2.99. The van der Waals surface area contributed by atoms with Crippen molar-refractivity contribution >= 4 is 28.6 Å². The van der Waals surface area contributed by atoms with E-state index >= 15 is 0 Å².